The molecule has 3 aromatic rings. The fourth-order valence-electron chi connectivity index (χ4n) is 4.68. The van der Waals surface area contributed by atoms with E-state index in [-0.39, 0.29) is 17.5 Å². The Morgan fingerprint density at radius 2 is 1.64 bits per heavy atom. The summed E-state index contributed by atoms with van der Waals surface area (Å²) in [5, 5.41) is 12.3. The number of hydrogen-bond acceptors (Lipinski definition) is 4. The third-order valence-electron chi connectivity index (χ3n) is 6.91. The van der Waals surface area contributed by atoms with Gasteiger partial charge in [-0.25, -0.2) is 4.79 Å². The van der Waals surface area contributed by atoms with Crippen LogP contribution in [0.4, 0.5) is 0 Å². The van der Waals surface area contributed by atoms with Crippen LogP contribution in [0.3, 0.4) is 0 Å². The van der Waals surface area contributed by atoms with Crippen molar-refractivity contribution in [1.82, 2.24) is 5.32 Å². The predicted octanol–water partition coefficient (Wildman–Crippen LogP) is 5.32. The summed E-state index contributed by atoms with van der Waals surface area (Å²) >= 11 is 0. The lowest BCUT2D eigenvalue weighted by Crippen LogP contribution is -2.48. The van der Waals surface area contributed by atoms with Crippen molar-refractivity contribution in [2.45, 2.75) is 44.1 Å². The average molecular weight is 488 g/mol. The number of amides is 1. The number of carbonyl (C=O) groups excluding carboxylic acids is 1. The first-order valence-electron chi connectivity index (χ1n) is 12.5. The van der Waals surface area contributed by atoms with Crippen LogP contribution in [-0.4, -0.2) is 36.8 Å². The van der Waals surface area contributed by atoms with Gasteiger partial charge in [-0.1, -0.05) is 54.6 Å². The van der Waals surface area contributed by atoms with Crippen molar-refractivity contribution in [1.29, 1.82) is 0 Å². The number of carboxylic acids is 1. The molecule has 1 heterocycles. The second-order valence-corrected chi connectivity index (χ2v) is 9.28. The van der Waals surface area contributed by atoms with E-state index in [2.05, 4.69) is 17.4 Å². The Hall–Kier alpha value is -3.64. The van der Waals surface area contributed by atoms with Gasteiger partial charge in [0.25, 0.3) is 0 Å². The fraction of sp³-hybridized carbons (Fsp3) is 0.333. The summed E-state index contributed by atoms with van der Waals surface area (Å²) in [7, 11) is 0. The van der Waals surface area contributed by atoms with Gasteiger partial charge in [0.2, 0.25) is 5.91 Å². The number of aromatic carboxylic acids is 1. The summed E-state index contributed by atoms with van der Waals surface area (Å²) in [5.74, 6) is -0.221. The topological polar surface area (TPSA) is 84.9 Å². The Kier molecular flexibility index (Phi) is 8.39. The Morgan fingerprint density at radius 1 is 0.972 bits per heavy atom. The third kappa shape index (κ3) is 6.13. The normalized spacial score (nSPS) is 15.6. The molecule has 188 valence electrons. The molecule has 3 aromatic carbocycles. The first-order chi connectivity index (χ1) is 17.5. The van der Waals surface area contributed by atoms with Crippen molar-refractivity contribution in [2.24, 2.45) is 0 Å². The van der Waals surface area contributed by atoms with Crippen LogP contribution in [-0.2, 0) is 21.4 Å². The molecule has 6 heteroatoms. The summed E-state index contributed by atoms with van der Waals surface area (Å²) < 4.78 is 11.5. The molecule has 1 aliphatic heterocycles. The molecule has 0 bridgehead atoms. The van der Waals surface area contributed by atoms with Gasteiger partial charge in [-0.2, -0.15) is 0 Å². The van der Waals surface area contributed by atoms with Gasteiger partial charge in [-0.15, -0.1) is 0 Å². The lowest BCUT2D eigenvalue weighted by atomic mass is 9.73. The first-order valence-corrected chi connectivity index (χ1v) is 12.5. The molecular weight excluding hydrogens is 454 g/mol. The molecule has 0 aromatic heterocycles. The van der Waals surface area contributed by atoms with Crippen LogP contribution in [0.5, 0.6) is 5.75 Å². The van der Waals surface area contributed by atoms with Crippen molar-refractivity contribution in [2.75, 3.05) is 19.8 Å². The molecule has 0 spiro atoms. The van der Waals surface area contributed by atoms with E-state index in [0.29, 0.717) is 32.7 Å². The smallest absolute Gasteiger partial charge is 0.335 e. The summed E-state index contributed by atoms with van der Waals surface area (Å²) in [6, 6.07) is 24.6. The maximum Gasteiger partial charge on any atom is 0.335 e. The molecule has 36 heavy (non-hydrogen) atoms. The molecule has 1 fully saturated rings. The van der Waals surface area contributed by atoms with E-state index in [1.807, 2.05) is 49.4 Å². The minimum Gasteiger partial charge on any atom is -0.494 e. The molecule has 1 aliphatic rings. The number of benzene rings is 3. The molecule has 0 unspecified atom stereocenters. The number of ether oxygens (including phenoxy) is 2. The van der Waals surface area contributed by atoms with Crippen LogP contribution >= 0.6 is 0 Å². The Bertz CT molecular complexity index is 1140. The van der Waals surface area contributed by atoms with Gasteiger partial charge in [-0.3, -0.25) is 4.79 Å². The SMILES string of the molecule is C[C@H](NC(=O)C1(c2ccc(OCCCc3ccccc3)cc2)CCOCC1)c1ccc(C(=O)O)cc1. The molecule has 0 saturated carbocycles. The lowest BCUT2D eigenvalue weighted by Gasteiger charge is -2.37. The number of nitrogens with one attached hydrogen (secondary N) is 1. The van der Waals surface area contributed by atoms with E-state index < -0.39 is 11.4 Å². The van der Waals surface area contributed by atoms with Crippen LogP contribution in [0.1, 0.15) is 59.3 Å². The second kappa shape index (κ2) is 11.9. The van der Waals surface area contributed by atoms with Crippen molar-refractivity contribution in [3.63, 3.8) is 0 Å². The van der Waals surface area contributed by atoms with Gasteiger partial charge in [-0.05, 0) is 73.6 Å². The van der Waals surface area contributed by atoms with E-state index >= 15 is 0 Å². The quantitative estimate of drug-likeness (QED) is 0.378. The van der Waals surface area contributed by atoms with Crippen molar-refractivity contribution >= 4 is 11.9 Å². The van der Waals surface area contributed by atoms with E-state index in [9.17, 15) is 9.59 Å². The van der Waals surface area contributed by atoms with Gasteiger partial charge in [0.15, 0.2) is 0 Å². The molecule has 1 atom stereocenters. The highest BCUT2D eigenvalue weighted by Gasteiger charge is 2.42. The number of hydrogen-bond donors (Lipinski definition) is 2. The van der Waals surface area contributed by atoms with Gasteiger partial charge < -0.3 is 19.9 Å². The first kappa shape index (κ1) is 25.5. The second-order valence-electron chi connectivity index (χ2n) is 9.28. The van der Waals surface area contributed by atoms with E-state index in [1.54, 1.807) is 24.3 Å². The summed E-state index contributed by atoms with van der Waals surface area (Å²) in [6.45, 7) is 3.58. The highest BCUT2D eigenvalue weighted by atomic mass is 16.5. The number of aryl methyl sites for hydroxylation is 1. The van der Waals surface area contributed by atoms with Crippen LogP contribution in [0.2, 0.25) is 0 Å². The highest BCUT2D eigenvalue weighted by Crippen LogP contribution is 2.36. The van der Waals surface area contributed by atoms with Gasteiger partial charge in [0.05, 0.1) is 23.6 Å². The monoisotopic (exact) mass is 487 g/mol. The van der Waals surface area contributed by atoms with Crippen LogP contribution in [0.25, 0.3) is 0 Å². The van der Waals surface area contributed by atoms with E-state index in [4.69, 9.17) is 14.6 Å². The number of carboxylic acid groups (broad SMARTS) is 1. The molecule has 0 radical (unpaired) electrons. The van der Waals surface area contributed by atoms with E-state index in [0.717, 1.165) is 29.7 Å². The van der Waals surface area contributed by atoms with Crippen LogP contribution in [0, 0.1) is 0 Å². The zero-order chi connectivity index (χ0) is 25.4. The average Bonchev–Trinajstić information content (AvgIpc) is 2.92. The molecule has 2 N–H and O–H groups in total. The zero-order valence-electron chi connectivity index (χ0n) is 20.6. The summed E-state index contributed by atoms with van der Waals surface area (Å²) in [5.41, 5.74) is 2.65. The summed E-state index contributed by atoms with van der Waals surface area (Å²) in [4.78, 5) is 24.7. The molecule has 6 nitrogen and oxygen atoms in total. The van der Waals surface area contributed by atoms with Crippen LogP contribution < -0.4 is 10.1 Å². The van der Waals surface area contributed by atoms with Crippen molar-refractivity contribution in [3.8, 4) is 5.75 Å². The largest absolute Gasteiger partial charge is 0.494 e. The Morgan fingerprint density at radius 3 is 2.28 bits per heavy atom. The molecule has 4 rings (SSSR count). The molecular formula is C30H33NO5. The third-order valence-corrected chi connectivity index (χ3v) is 6.91. The summed E-state index contributed by atoms with van der Waals surface area (Å²) in [6.07, 6.45) is 3.10. The maximum atomic E-state index is 13.6. The van der Waals surface area contributed by atoms with Crippen molar-refractivity contribution in [3.05, 3.63) is 101 Å². The Balaban J connectivity index is 1.40. The fourth-order valence-corrected chi connectivity index (χ4v) is 4.68. The highest BCUT2D eigenvalue weighted by molar-refractivity contribution is 5.89. The number of carbonyl (C=O) groups is 2. The molecule has 1 amide bonds. The standard InChI is InChI=1S/C30H33NO5/c1-22(24-9-11-25(12-10-24)28(32)33)31-29(34)30(17-20-35-21-18-30)26-13-15-27(16-14-26)36-19-5-8-23-6-3-2-4-7-23/h2-4,6-7,9-16,22H,5,8,17-21H2,1H3,(H,31,34)(H,32,33)/t22-/m0/s1. The van der Waals surface area contributed by atoms with Gasteiger partial charge >= 0.3 is 5.97 Å². The lowest BCUT2D eigenvalue weighted by molar-refractivity contribution is -0.131. The number of rotatable bonds is 10. The predicted molar refractivity (Wildman–Crippen MR) is 138 cm³/mol. The van der Waals surface area contributed by atoms with Gasteiger partial charge in [0.1, 0.15) is 5.75 Å². The minimum atomic E-state index is -0.969. The zero-order valence-corrected chi connectivity index (χ0v) is 20.6. The van der Waals surface area contributed by atoms with Gasteiger partial charge in [0, 0.05) is 13.2 Å². The molecule has 0 aliphatic carbocycles. The van der Waals surface area contributed by atoms with Crippen molar-refractivity contribution < 1.29 is 24.2 Å². The van der Waals surface area contributed by atoms with Crippen LogP contribution in [0.15, 0.2) is 78.9 Å². The molecule has 1 saturated heterocycles. The van der Waals surface area contributed by atoms with E-state index in [1.165, 1.54) is 5.56 Å². The maximum absolute atomic E-state index is 13.6. The Labute approximate surface area is 212 Å². The minimum absolute atomic E-state index is 0.0443.